The molecule has 2 aromatic rings. The molecule has 0 radical (unpaired) electrons. The number of hydrogen-bond donors (Lipinski definition) is 1. The van der Waals surface area contributed by atoms with E-state index in [0.717, 1.165) is 23.9 Å². The van der Waals surface area contributed by atoms with Gasteiger partial charge < -0.3 is 5.32 Å². The van der Waals surface area contributed by atoms with Gasteiger partial charge in [-0.2, -0.15) is 5.10 Å². The number of nitrogens with zero attached hydrogens (tertiary/aromatic N) is 2. The fourth-order valence-electron chi connectivity index (χ4n) is 2.21. The SMILES string of the molecule is CCCNC(Cc1cnn(C)c1)c1cc(Br)ccc1I. The molecule has 3 nitrogen and oxygen atoms in total. The smallest absolute Gasteiger partial charge is 0.0522 e. The van der Waals surface area contributed by atoms with Crippen LogP contribution in [0.1, 0.15) is 30.5 Å². The van der Waals surface area contributed by atoms with Crippen molar-refractivity contribution in [1.82, 2.24) is 15.1 Å². The summed E-state index contributed by atoms with van der Waals surface area (Å²) < 4.78 is 4.28. The van der Waals surface area contributed by atoms with Crippen molar-refractivity contribution in [3.8, 4) is 0 Å². The Morgan fingerprint density at radius 3 is 2.90 bits per heavy atom. The van der Waals surface area contributed by atoms with Gasteiger partial charge in [0.15, 0.2) is 0 Å². The predicted octanol–water partition coefficient (Wildman–Crippen LogP) is 4.07. The van der Waals surface area contributed by atoms with Crippen molar-refractivity contribution in [1.29, 1.82) is 0 Å². The lowest BCUT2D eigenvalue weighted by molar-refractivity contribution is 0.527. The normalized spacial score (nSPS) is 12.6. The van der Waals surface area contributed by atoms with Crippen LogP contribution in [0.4, 0.5) is 0 Å². The maximum atomic E-state index is 4.26. The van der Waals surface area contributed by atoms with Gasteiger partial charge in [0.1, 0.15) is 0 Å². The topological polar surface area (TPSA) is 29.9 Å². The van der Waals surface area contributed by atoms with Crippen LogP contribution in [0.3, 0.4) is 0 Å². The van der Waals surface area contributed by atoms with Crippen molar-refractivity contribution < 1.29 is 0 Å². The molecule has 0 saturated carbocycles. The molecular formula is C15H19BrIN3. The zero-order chi connectivity index (χ0) is 14.5. The Bertz CT molecular complexity index is 568. The summed E-state index contributed by atoms with van der Waals surface area (Å²) in [5.74, 6) is 0. The average Bonchev–Trinajstić information content (AvgIpc) is 2.83. The number of aromatic nitrogens is 2. The van der Waals surface area contributed by atoms with E-state index in [1.54, 1.807) is 0 Å². The minimum atomic E-state index is 0.323. The van der Waals surface area contributed by atoms with E-state index in [1.165, 1.54) is 14.7 Å². The van der Waals surface area contributed by atoms with E-state index in [0.29, 0.717) is 6.04 Å². The summed E-state index contributed by atoms with van der Waals surface area (Å²) in [6.07, 6.45) is 6.13. The lowest BCUT2D eigenvalue weighted by atomic mass is 10.0. The van der Waals surface area contributed by atoms with E-state index < -0.39 is 0 Å². The van der Waals surface area contributed by atoms with Crippen LogP contribution in [-0.4, -0.2) is 16.3 Å². The van der Waals surface area contributed by atoms with Gasteiger partial charge in [0, 0.05) is 27.3 Å². The lowest BCUT2D eigenvalue weighted by Gasteiger charge is -2.20. The first kappa shape index (κ1) is 16.0. The Balaban J connectivity index is 2.24. The van der Waals surface area contributed by atoms with Crippen molar-refractivity contribution in [3.05, 3.63) is 49.8 Å². The van der Waals surface area contributed by atoms with Gasteiger partial charge in [-0.1, -0.05) is 22.9 Å². The summed E-state index contributed by atoms with van der Waals surface area (Å²) in [6.45, 7) is 3.22. The van der Waals surface area contributed by atoms with Gasteiger partial charge in [-0.15, -0.1) is 0 Å². The molecule has 0 saturated heterocycles. The third-order valence-corrected chi connectivity index (χ3v) is 4.65. The molecule has 20 heavy (non-hydrogen) atoms. The van der Waals surface area contributed by atoms with Crippen LogP contribution in [0.5, 0.6) is 0 Å². The molecule has 0 aliphatic heterocycles. The molecule has 0 aliphatic rings. The highest BCUT2D eigenvalue weighted by Crippen LogP contribution is 2.26. The van der Waals surface area contributed by atoms with Crippen molar-refractivity contribution >= 4 is 38.5 Å². The first-order chi connectivity index (χ1) is 9.60. The molecule has 1 atom stereocenters. The number of nitrogens with one attached hydrogen (secondary N) is 1. The molecule has 1 unspecified atom stereocenters. The van der Waals surface area contributed by atoms with E-state index in [1.807, 2.05) is 17.9 Å². The monoisotopic (exact) mass is 447 g/mol. The zero-order valence-electron chi connectivity index (χ0n) is 11.7. The third-order valence-electron chi connectivity index (χ3n) is 3.17. The summed E-state index contributed by atoms with van der Waals surface area (Å²) in [5.41, 5.74) is 2.61. The number of halogens is 2. The maximum absolute atomic E-state index is 4.26. The van der Waals surface area contributed by atoms with Crippen LogP contribution >= 0.6 is 38.5 Å². The second-order valence-electron chi connectivity index (χ2n) is 4.90. The molecule has 2 rings (SSSR count). The summed E-state index contributed by atoms with van der Waals surface area (Å²) >= 11 is 5.99. The standard InChI is InChI=1S/C15H19BrIN3/c1-3-6-18-15(7-11-9-19-20(2)10-11)13-8-12(16)4-5-14(13)17/h4-5,8-10,15,18H,3,6-7H2,1-2H3. The third kappa shape index (κ3) is 4.30. The second kappa shape index (κ2) is 7.56. The average molecular weight is 448 g/mol. The molecular weight excluding hydrogens is 429 g/mol. The van der Waals surface area contributed by atoms with Crippen molar-refractivity contribution in [3.63, 3.8) is 0 Å². The van der Waals surface area contributed by atoms with Gasteiger partial charge in [-0.05, 0) is 71.3 Å². The maximum Gasteiger partial charge on any atom is 0.0522 e. The van der Waals surface area contributed by atoms with Crippen LogP contribution in [0.25, 0.3) is 0 Å². The molecule has 0 spiro atoms. The van der Waals surface area contributed by atoms with E-state index in [-0.39, 0.29) is 0 Å². The Morgan fingerprint density at radius 2 is 2.25 bits per heavy atom. The fraction of sp³-hybridized carbons (Fsp3) is 0.400. The van der Waals surface area contributed by atoms with E-state index in [9.17, 15) is 0 Å². The molecule has 1 N–H and O–H groups in total. The van der Waals surface area contributed by atoms with Crippen LogP contribution < -0.4 is 5.32 Å². The zero-order valence-corrected chi connectivity index (χ0v) is 15.5. The molecule has 0 bridgehead atoms. The predicted molar refractivity (Wildman–Crippen MR) is 94.8 cm³/mol. The molecule has 0 fully saturated rings. The highest BCUT2D eigenvalue weighted by atomic mass is 127. The second-order valence-corrected chi connectivity index (χ2v) is 6.98. The molecule has 5 heteroatoms. The number of aryl methyl sites for hydroxylation is 1. The molecule has 108 valence electrons. The molecule has 0 amide bonds. The van der Waals surface area contributed by atoms with Crippen molar-refractivity contribution in [2.75, 3.05) is 6.54 Å². The Labute approximate surface area is 142 Å². The number of rotatable bonds is 6. The highest BCUT2D eigenvalue weighted by Gasteiger charge is 2.15. The van der Waals surface area contributed by atoms with E-state index in [4.69, 9.17) is 0 Å². The minimum absolute atomic E-state index is 0.323. The lowest BCUT2D eigenvalue weighted by Crippen LogP contribution is -2.24. The Hall–Kier alpha value is -0.400. The quantitative estimate of drug-likeness (QED) is 0.676. The summed E-state index contributed by atoms with van der Waals surface area (Å²) in [5, 5.41) is 7.91. The van der Waals surface area contributed by atoms with Gasteiger partial charge in [0.05, 0.1) is 6.20 Å². The molecule has 1 aromatic heterocycles. The molecule has 0 aliphatic carbocycles. The van der Waals surface area contributed by atoms with Crippen LogP contribution in [0, 0.1) is 3.57 Å². The molecule has 1 heterocycles. The van der Waals surface area contributed by atoms with Gasteiger partial charge in [-0.3, -0.25) is 4.68 Å². The number of benzene rings is 1. The first-order valence-corrected chi connectivity index (χ1v) is 8.63. The first-order valence-electron chi connectivity index (χ1n) is 6.76. The summed E-state index contributed by atoms with van der Waals surface area (Å²) in [7, 11) is 1.96. The fourth-order valence-corrected chi connectivity index (χ4v) is 3.30. The highest BCUT2D eigenvalue weighted by molar-refractivity contribution is 14.1. The van der Waals surface area contributed by atoms with Crippen LogP contribution in [0.2, 0.25) is 0 Å². The van der Waals surface area contributed by atoms with E-state index in [2.05, 4.69) is 80.3 Å². The van der Waals surface area contributed by atoms with Gasteiger partial charge in [-0.25, -0.2) is 0 Å². The van der Waals surface area contributed by atoms with Gasteiger partial charge >= 0.3 is 0 Å². The summed E-state index contributed by atoms with van der Waals surface area (Å²) in [4.78, 5) is 0. The van der Waals surface area contributed by atoms with Gasteiger partial charge in [0.25, 0.3) is 0 Å². The van der Waals surface area contributed by atoms with Crippen LogP contribution in [0.15, 0.2) is 35.1 Å². The minimum Gasteiger partial charge on any atom is -0.310 e. The van der Waals surface area contributed by atoms with Crippen molar-refractivity contribution in [2.45, 2.75) is 25.8 Å². The molecule has 1 aromatic carbocycles. The van der Waals surface area contributed by atoms with Gasteiger partial charge in [0.2, 0.25) is 0 Å². The van der Waals surface area contributed by atoms with Crippen molar-refractivity contribution in [2.24, 2.45) is 7.05 Å². The Morgan fingerprint density at radius 1 is 1.45 bits per heavy atom. The number of hydrogen-bond acceptors (Lipinski definition) is 2. The summed E-state index contributed by atoms with van der Waals surface area (Å²) in [6, 6.07) is 6.78. The van der Waals surface area contributed by atoms with Crippen LogP contribution in [-0.2, 0) is 13.5 Å². The van der Waals surface area contributed by atoms with E-state index >= 15 is 0 Å². The largest absolute Gasteiger partial charge is 0.310 e. The Kier molecular flexibility index (Phi) is 6.04.